The molecule has 0 saturated carbocycles. The zero-order valence-electron chi connectivity index (χ0n) is 18.5. The molecule has 0 amide bonds. The van der Waals surface area contributed by atoms with Crippen molar-refractivity contribution in [3.05, 3.63) is 23.9 Å². The third kappa shape index (κ3) is 11.3. The quantitative estimate of drug-likeness (QED) is 0.174. The van der Waals surface area contributed by atoms with Crippen molar-refractivity contribution in [1.82, 2.24) is 15.6 Å². The first-order valence-electron chi connectivity index (χ1n) is 11.1. The first kappa shape index (κ1) is 26.9. The first-order valence-corrected chi connectivity index (χ1v) is 11.1. The van der Waals surface area contributed by atoms with E-state index in [1.807, 2.05) is 12.1 Å². The van der Waals surface area contributed by atoms with Crippen molar-refractivity contribution >= 4 is 29.9 Å². The summed E-state index contributed by atoms with van der Waals surface area (Å²) in [5.74, 6) is 2.14. The predicted molar refractivity (Wildman–Crippen MR) is 132 cm³/mol. The van der Waals surface area contributed by atoms with E-state index in [2.05, 4.69) is 34.5 Å². The molecule has 1 fully saturated rings. The second kappa shape index (κ2) is 17.5. The fourth-order valence-corrected chi connectivity index (χ4v) is 3.04. The number of halogens is 1. The van der Waals surface area contributed by atoms with Crippen molar-refractivity contribution in [2.24, 2.45) is 10.9 Å². The van der Waals surface area contributed by atoms with Crippen LogP contribution in [0.15, 0.2) is 23.3 Å². The number of nitrogens with one attached hydrogen (secondary N) is 2. The molecule has 0 spiro atoms. The molecule has 8 heteroatoms. The van der Waals surface area contributed by atoms with Crippen LogP contribution >= 0.6 is 24.0 Å². The van der Waals surface area contributed by atoms with Gasteiger partial charge < -0.3 is 24.8 Å². The van der Waals surface area contributed by atoms with Gasteiger partial charge >= 0.3 is 0 Å². The van der Waals surface area contributed by atoms with Gasteiger partial charge in [0, 0.05) is 51.3 Å². The summed E-state index contributed by atoms with van der Waals surface area (Å²) in [6, 6.07) is 3.94. The van der Waals surface area contributed by atoms with Gasteiger partial charge in [-0.1, -0.05) is 19.4 Å². The van der Waals surface area contributed by atoms with Crippen molar-refractivity contribution in [3.63, 3.8) is 0 Å². The molecule has 1 aromatic heterocycles. The van der Waals surface area contributed by atoms with Crippen molar-refractivity contribution in [3.8, 4) is 5.88 Å². The van der Waals surface area contributed by atoms with E-state index in [-0.39, 0.29) is 24.0 Å². The van der Waals surface area contributed by atoms with Gasteiger partial charge in [0.2, 0.25) is 5.88 Å². The molecule has 0 bridgehead atoms. The third-order valence-electron chi connectivity index (χ3n) is 4.79. The Morgan fingerprint density at radius 3 is 2.80 bits per heavy atom. The lowest BCUT2D eigenvalue weighted by molar-refractivity contribution is 0.0203. The van der Waals surface area contributed by atoms with E-state index in [1.54, 1.807) is 6.20 Å². The molecule has 1 saturated heterocycles. The number of ether oxygens (including phenoxy) is 3. The number of hydrogen-bond donors (Lipinski definition) is 2. The van der Waals surface area contributed by atoms with Crippen LogP contribution in [0, 0.1) is 5.92 Å². The lowest BCUT2D eigenvalue weighted by atomic mass is 10.0. The van der Waals surface area contributed by atoms with Crippen molar-refractivity contribution in [2.45, 2.75) is 52.5 Å². The molecule has 1 aromatic rings. The van der Waals surface area contributed by atoms with Gasteiger partial charge in [-0.2, -0.15) is 0 Å². The Morgan fingerprint density at radius 2 is 2.03 bits per heavy atom. The second-order valence-corrected chi connectivity index (χ2v) is 7.28. The zero-order valence-corrected chi connectivity index (χ0v) is 20.9. The topological polar surface area (TPSA) is 77.0 Å². The lowest BCUT2D eigenvalue weighted by Crippen LogP contribution is -2.38. The molecule has 2 heterocycles. The summed E-state index contributed by atoms with van der Waals surface area (Å²) in [6.07, 6.45) is 7.08. The number of aromatic nitrogens is 1. The summed E-state index contributed by atoms with van der Waals surface area (Å²) in [5.41, 5.74) is 1.00. The van der Waals surface area contributed by atoms with Crippen molar-refractivity contribution < 1.29 is 14.2 Å². The second-order valence-electron chi connectivity index (χ2n) is 7.28. The van der Waals surface area contributed by atoms with Crippen LogP contribution in [0.3, 0.4) is 0 Å². The van der Waals surface area contributed by atoms with Gasteiger partial charge in [0.25, 0.3) is 0 Å². The number of nitrogens with zero attached hydrogens (tertiary/aromatic N) is 2. The maximum atomic E-state index is 5.83. The molecule has 0 aliphatic carbocycles. The third-order valence-corrected chi connectivity index (χ3v) is 4.79. The highest BCUT2D eigenvalue weighted by molar-refractivity contribution is 14.0. The van der Waals surface area contributed by atoms with Crippen LogP contribution < -0.4 is 15.4 Å². The van der Waals surface area contributed by atoms with Crippen LogP contribution in [0.2, 0.25) is 0 Å². The molecule has 0 atom stereocenters. The lowest BCUT2D eigenvalue weighted by Gasteiger charge is -2.21. The molecule has 2 N–H and O–H groups in total. The van der Waals surface area contributed by atoms with Gasteiger partial charge in [0.15, 0.2) is 5.96 Å². The Kier molecular flexibility index (Phi) is 15.7. The molecule has 1 aliphatic heterocycles. The SMILES string of the molecule is CCCCOc1ncccc1CN=C(NCC)NCCCOCC1CCOCC1.I. The molecule has 2 rings (SSSR count). The molecule has 1 aliphatic rings. The van der Waals surface area contributed by atoms with Gasteiger partial charge in [0.05, 0.1) is 13.2 Å². The minimum atomic E-state index is 0. The Labute approximate surface area is 198 Å². The normalized spacial score (nSPS) is 14.8. The molecular weight excluding hydrogens is 495 g/mol. The molecule has 0 unspecified atom stereocenters. The molecule has 30 heavy (non-hydrogen) atoms. The number of rotatable bonds is 13. The van der Waals surface area contributed by atoms with E-state index in [0.717, 1.165) is 83.1 Å². The minimum absolute atomic E-state index is 0. The van der Waals surface area contributed by atoms with E-state index >= 15 is 0 Å². The smallest absolute Gasteiger partial charge is 0.218 e. The predicted octanol–water partition coefficient (Wildman–Crippen LogP) is 3.77. The summed E-state index contributed by atoms with van der Waals surface area (Å²) in [4.78, 5) is 9.04. The Hall–Kier alpha value is -1.13. The van der Waals surface area contributed by atoms with Crippen LogP contribution in [0.5, 0.6) is 5.88 Å². The summed E-state index contributed by atoms with van der Waals surface area (Å²) in [5, 5.41) is 6.67. The number of unbranched alkanes of at least 4 members (excludes halogenated alkanes) is 1. The fourth-order valence-electron chi connectivity index (χ4n) is 3.04. The zero-order chi connectivity index (χ0) is 20.6. The number of aliphatic imine (C=N–C) groups is 1. The van der Waals surface area contributed by atoms with Crippen LogP contribution in [-0.2, 0) is 16.0 Å². The molecular formula is C22H39IN4O3. The van der Waals surface area contributed by atoms with Gasteiger partial charge in [-0.25, -0.2) is 9.98 Å². The fraction of sp³-hybridized carbons (Fsp3) is 0.727. The van der Waals surface area contributed by atoms with E-state index in [0.29, 0.717) is 24.9 Å². The molecule has 172 valence electrons. The maximum absolute atomic E-state index is 5.83. The highest BCUT2D eigenvalue weighted by atomic mass is 127. The summed E-state index contributed by atoms with van der Waals surface area (Å²) < 4.78 is 17.0. The highest BCUT2D eigenvalue weighted by Gasteiger charge is 2.13. The number of hydrogen-bond acceptors (Lipinski definition) is 5. The monoisotopic (exact) mass is 534 g/mol. The Balaban J connectivity index is 0.00000450. The molecule has 0 radical (unpaired) electrons. The van der Waals surface area contributed by atoms with Gasteiger partial charge in [-0.05, 0) is 44.6 Å². The minimum Gasteiger partial charge on any atom is -0.477 e. The highest BCUT2D eigenvalue weighted by Crippen LogP contribution is 2.16. The van der Waals surface area contributed by atoms with Crippen LogP contribution in [0.25, 0.3) is 0 Å². The van der Waals surface area contributed by atoms with Crippen LogP contribution in [0.1, 0.15) is 51.5 Å². The number of guanidine groups is 1. The van der Waals surface area contributed by atoms with Crippen molar-refractivity contribution in [1.29, 1.82) is 0 Å². The average Bonchev–Trinajstić information content (AvgIpc) is 2.76. The summed E-state index contributed by atoms with van der Waals surface area (Å²) >= 11 is 0. The standard InChI is InChI=1S/C22H38N4O3.HI/c1-3-5-14-29-21-20(8-6-11-24-21)17-26-22(23-4-2)25-12-7-13-28-18-19-9-15-27-16-10-19;/h6,8,11,19H,3-5,7,9-10,12-18H2,1-2H3,(H2,23,25,26);1H. The van der Waals surface area contributed by atoms with E-state index in [9.17, 15) is 0 Å². The van der Waals surface area contributed by atoms with Crippen LogP contribution in [-0.4, -0.2) is 57.1 Å². The van der Waals surface area contributed by atoms with Gasteiger partial charge in [-0.3, -0.25) is 0 Å². The molecule has 7 nitrogen and oxygen atoms in total. The number of pyridine rings is 1. The maximum Gasteiger partial charge on any atom is 0.218 e. The van der Waals surface area contributed by atoms with E-state index < -0.39 is 0 Å². The van der Waals surface area contributed by atoms with Crippen LogP contribution in [0.4, 0.5) is 0 Å². The van der Waals surface area contributed by atoms with Gasteiger partial charge in [0.1, 0.15) is 0 Å². The van der Waals surface area contributed by atoms with E-state index in [4.69, 9.17) is 14.2 Å². The Morgan fingerprint density at radius 1 is 1.20 bits per heavy atom. The summed E-state index contributed by atoms with van der Waals surface area (Å²) in [6.45, 7) is 10.4. The van der Waals surface area contributed by atoms with Gasteiger partial charge in [-0.15, -0.1) is 24.0 Å². The van der Waals surface area contributed by atoms with Crippen molar-refractivity contribution in [2.75, 3.05) is 46.1 Å². The van der Waals surface area contributed by atoms with E-state index in [1.165, 1.54) is 0 Å². The molecule has 0 aromatic carbocycles. The first-order chi connectivity index (χ1) is 14.3. The Bertz CT molecular complexity index is 583. The average molecular weight is 534 g/mol. The largest absolute Gasteiger partial charge is 0.477 e. The summed E-state index contributed by atoms with van der Waals surface area (Å²) in [7, 11) is 0.